The number of thioether (sulfide) groups is 2. The quantitative estimate of drug-likeness (QED) is 0.0415. The molecule has 51 heavy (non-hydrogen) atoms. The number of nitro benzene ring substituents is 1. The lowest BCUT2D eigenvalue weighted by Crippen LogP contribution is -2.41. The molecule has 0 unspecified atom stereocenters. The summed E-state index contributed by atoms with van der Waals surface area (Å²) >= 11 is 3.61. The van der Waals surface area contributed by atoms with Gasteiger partial charge in [0.25, 0.3) is 17.2 Å². The number of amides is 1. The number of likely N-dealkylation sites (tertiary alicyclic amines) is 1. The molecule has 1 aliphatic heterocycles. The van der Waals surface area contributed by atoms with Crippen molar-refractivity contribution in [3.8, 4) is 22.9 Å². The van der Waals surface area contributed by atoms with Crippen LogP contribution in [-0.4, -0.2) is 67.7 Å². The van der Waals surface area contributed by atoms with E-state index < -0.39 is 4.92 Å². The number of aromatic nitrogens is 2. The summed E-state index contributed by atoms with van der Waals surface area (Å²) in [6.07, 6.45) is 1.71. The highest BCUT2D eigenvalue weighted by atomic mass is 32.2. The number of fused-ring (bicyclic) bond motifs is 1. The zero-order valence-electron chi connectivity index (χ0n) is 29.6. The molecule has 0 saturated carbocycles. The Morgan fingerprint density at radius 2 is 1.78 bits per heavy atom. The molecule has 1 fully saturated rings. The Hall–Kier alpha value is -4.71. The summed E-state index contributed by atoms with van der Waals surface area (Å²) in [5.74, 6) is 3.26. The van der Waals surface area contributed by atoms with Crippen molar-refractivity contribution in [1.29, 1.82) is 0 Å². The SMILES string of the molecule is CCSC(SCC)[C@@H]1CCCN1C(=O)c1cc(OC)c(OC(C)=C=C(C)COc2ccc(-n3c(C)nc4ccccc4c3=O)cc2)cc1[N+](=O)[O-]. The van der Waals surface area contributed by atoms with Crippen molar-refractivity contribution in [3.05, 3.63) is 110 Å². The zero-order valence-corrected chi connectivity index (χ0v) is 31.3. The molecule has 13 heteroatoms. The van der Waals surface area contributed by atoms with Crippen LogP contribution >= 0.6 is 23.5 Å². The summed E-state index contributed by atoms with van der Waals surface area (Å²) in [6, 6.07) is 17.0. The maximum atomic E-state index is 13.9. The van der Waals surface area contributed by atoms with Gasteiger partial charge < -0.3 is 19.1 Å². The molecule has 0 bridgehead atoms. The smallest absolute Gasteiger partial charge is 0.286 e. The van der Waals surface area contributed by atoms with Gasteiger partial charge in [0, 0.05) is 25.1 Å². The number of carbonyl (C=O) groups excluding carboxylic acids is 1. The van der Waals surface area contributed by atoms with Crippen LogP contribution in [0.5, 0.6) is 17.2 Å². The van der Waals surface area contributed by atoms with E-state index in [0.717, 1.165) is 24.3 Å². The van der Waals surface area contributed by atoms with Crippen molar-refractivity contribution in [2.45, 2.75) is 58.1 Å². The minimum Gasteiger partial charge on any atom is -0.493 e. The maximum Gasteiger partial charge on any atom is 0.286 e. The largest absolute Gasteiger partial charge is 0.493 e. The third kappa shape index (κ3) is 8.61. The summed E-state index contributed by atoms with van der Waals surface area (Å²) in [7, 11) is 1.43. The predicted molar refractivity (Wildman–Crippen MR) is 204 cm³/mol. The third-order valence-electron chi connectivity index (χ3n) is 8.39. The van der Waals surface area contributed by atoms with Gasteiger partial charge in [-0.25, -0.2) is 4.98 Å². The molecule has 1 atom stereocenters. The molecule has 2 heterocycles. The monoisotopic (exact) mass is 730 g/mol. The van der Waals surface area contributed by atoms with E-state index in [1.54, 1.807) is 77.2 Å². The maximum absolute atomic E-state index is 13.9. The van der Waals surface area contributed by atoms with Crippen molar-refractivity contribution in [1.82, 2.24) is 14.5 Å². The van der Waals surface area contributed by atoms with Crippen LogP contribution in [0.2, 0.25) is 0 Å². The molecule has 268 valence electrons. The predicted octanol–water partition coefficient (Wildman–Crippen LogP) is 7.95. The minimum absolute atomic E-state index is 0.0111. The van der Waals surface area contributed by atoms with E-state index in [9.17, 15) is 19.7 Å². The Balaban J connectivity index is 1.31. The first kappa shape index (κ1) is 37.5. The van der Waals surface area contributed by atoms with Crippen LogP contribution in [0, 0.1) is 17.0 Å². The summed E-state index contributed by atoms with van der Waals surface area (Å²) in [5, 5.41) is 12.8. The Labute approximate surface area is 305 Å². The lowest BCUT2D eigenvalue weighted by atomic mass is 10.1. The number of nitrogens with zero attached hydrogens (tertiary/aromatic N) is 4. The highest BCUT2D eigenvalue weighted by Crippen LogP contribution is 2.40. The fourth-order valence-electron chi connectivity index (χ4n) is 6.15. The molecule has 1 saturated heterocycles. The number of carbonyl (C=O) groups is 1. The van der Waals surface area contributed by atoms with Gasteiger partial charge in [0.05, 0.1) is 45.3 Å². The normalized spacial score (nSPS) is 14.0. The number of ether oxygens (including phenoxy) is 3. The van der Waals surface area contributed by atoms with E-state index in [1.165, 1.54) is 19.2 Å². The van der Waals surface area contributed by atoms with Gasteiger partial charge in [-0.15, -0.1) is 23.5 Å². The Morgan fingerprint density at radius 3 is 2.45 bits per heavy atom. The topological polar surface area (TPSA) is 126 Å². The van der Waals surface area contributed by atoms with Crippen LogP contribution in [0.3, 0.4) is 0 Å². The van der Waals surface area contributed by atoms with Crippen molar-refractivity contribution in [2.75, 3.05) is 31.8 Å². The summed E-state index contributed by atoms with van der Waals surface area (Å²) in [4.78, 5) is 45.1. The number of hydrogen-bond donors (Lipinski definition) is 0. The van der Waals surface area contributed by atoms with E-state index in [-0.39, 0.29) is 51.4 Å². The van der Waals surface area contributed by atoms with Crippen molar-refractivity contribution in [2.24, 2.45) is 0 Å². The second-order valence-electron chi connectivity index (χ2n) is 11.9. The van der Waals surface area contributed by atoms with Crippen LogP contribution in [0.15, 0.2) is 82.5 Å². The second-order valence-corrected chi connectivity index (χ2v) is 15.1. The fraction of sp³-hybridized carbons (Fsp3) is 0.368. The molecule has 3 aromatic carbocycles. The van der Waals surface area contributed by atoms with Crippen LogP contribution < -0.4 is 19.8 Å². The molecule has 0 radical (unpaired) electrons. The highest BCUT2D eigenvalue weighted by molar-refractivity contribution is 8.17. The molecule has 11 nitrogen and oxygen atoms in total. The van der Waals surface area contributed by atoms with Gasteiger partial charge in [-0.1, -0.05) is 31.7 Å². The molecular formula is C38H42N4O7S2. The van der Waals surface area contributed by atoms with Gasteiger partial charge in [0.15, 0.2) is 11.5 Å². The standard InChI is InChI=1S/C38H42N4O7S2/c1-7-50-38(51-8-2)32-14-11-19-40(32)36(43)30-21-34(47-6)35(22-33(30)42(45)46)49-25(4)20-24(3)23-48-28-17-15-27(16-18-28)41-26(5)39-31-13-10-9-12-29(31)37(41)44/h9-10,12-13,15-18,21-22,32,38H,7-8,11,14,19,23H2,1-6H3/t20?,32-/m0/s1. The van der Waals surface area contributed by atoms with Crippen molar-refractivity contribution < 1.29 is 23.9 Å². The fourth-order valence-corrected chi connectivity index (χ4v) is 9.02. The van der Waals surface area contributed by atoms with Crippen molar-refractivity contribution in [3.63, 3.8) is 0 Å². The lowest BCUT2D eigenvalue weighted by Gasteiger charge is -2.31. The Morgan fingerprint density at radius 1 is 1.08 bits per heavy atom. The summed E-state index contributed by atoms with van der Waals surface area (Å²) in [6.45, 7) is 10.2. The van der Waals surface area contributed by atoms with Gasteiger partial charge >= 0.3 is 0 Å². The molecule has 1 aromatic heterocycles. The van der Waals surface area contributed by atoms with Gasteiger partial charge in [0.1, 0.15) is 29.5 Å². The number of rotatable bonds is 14. The van der Waals surface area contributed by atoms with E-state index in [4.69, 9.17) is 14.2 Å². The van der Waals surface area contributed by atoms with E-state index in [1.807, 2.05) is 25.1 Å². The van der Waals surface area contributed by atoms with E-state index >= 15 is 0 Å². The van der Waals surface area contributed by atoms with Gasteiger partial charge in [-0.05, 0) is 74.6 Å². The Kier molecular flexibility index (Phi) is 12.5. The number of hydrogen-bond acceptors (Lipinski definition) is 10. The summed E-state index contributed by atoms with van der Waals surface area (Å²) < 4.78 is 19.2. The first-order valence-corrected chi connectivity index (χ1v) is 18.9. The summed E-state index contributed by atoms with van der Waals surface area (Å²) in [5.41, 5.74) is 4.63. The van der Waals surface area contributed by atoms with Gasteiger partial charge in [-0.3, -0.25) is 24.3 Å². The minimum atomic E-state index is -0.558. The molecule has 5 rings (SSSR count). The third-order valence-corrected chi connectivity index (χ3v) is 11.2. The number of methoxy groups -OCH3 is 1. The van der Waals surface area contributed by atoms with Crippen LogP contribution in [0.4, 0.5) is 5.69 Å². The number of benzene rings is 3. The first-order chi connectivity index (χ1) is 24.6. The van der Waals surface area contributed by atoms with Gasteiger partial charge in [0.2, 0.25) is 0 Å². The molecule has 1 aliphatic rings. The molecule has 0 spiro atoms. The number of nitro groups is 1. The molecule has 4 aromatic rings. The second kappa shape index (κ2) is 17.0. The number of aryl methyl sites for hydroxylation is 1. The molecular weight excluding hydrogens is 689 g/mol. The average molecular weight is 731 g/mol. The van der Waals surface area contributed by atoms with E-state index in [0.29, 0.717) is 46.0 Å². The Bertz CT molecular complexity index is 2030. The highest BCUT2D eigenvalue weighted by Gasteiger charge is 2.38. The van der Waals surface area contributed by atoms with Crippen LogP contribution in [-0.2, 0) is 0 Å². The average Bonchev–Trinajstić information content (AvgIpc) is 3.61. The van der Waals surface area contributed by atoms with Gasteiger partial charge in [-0.2, -0.15) is 0 Å². The number of para-hydroxylation sites is 1. The van der Waals surface area contributed by atoms with E-state index in [2.05, 4.69) is 24.6 Å². The molecule has 1 amide bonds. The molecule has 0 aliphatic carbocycles. The first-order valence-electron chi connectivity index (χ1n) is 16.8. The zero-order chi connectivity index (χ0) is 36.7. The van der Waals surface area contributed by atoms with Crippen LogP contribution in [0.25, 0.3) is 16.6 Å². The lowest BCUT2D eigenvalue weighted by molar-refractivity contribution is -0.385. The molecule has 0 N–H and O–H groups in total. The van der Waals surface area contributed by atoms with Crippen LogP contribution in [0.1, 0.15) is 56.7 Å². The van der Waals surface area contributed by atoms with Crippen molar-refractivity contribution >= 4 is 46.0 Å².